The van der Waals surface area contributed by atoms with E-state index in [0.29, 0.717) is 12.8 Å². The van der Waals surface area contributed by atoms with Crippen molar-refractivity contribution in [1.29, 1.82) is 0 Å². The zero-order valence-electron chi connectivity index (χ0n) is 12.1. The van der Waals surface area contributed by atoms with Gasteiger partial charge in [0.25, 0.3) is 0 Å². The Kier molecular flexibility index (Phi) is 6.19. The largest absolute Gasteiger partial charge is 0.480 e. The molecule has 126 valence electrons. The Labute approximate surface area is 125 Å². The highest BCUT2D eigenvalue weighted by atomic mass is 19.4. The number of amides is 2. The van der Waals surface area contributed by atoms with Gasteiger partial charge in [-0.25, -0.2) is 4.79 Å². The summed E-state index contributed by atoms with van der Waals surface area (Å²) in [5.74, 6) is -3.26. The van der Waals surface area contributed by atoms with Crippen molar-refractivity contribution < 1.29 is 32.7 Å². The molecule has 0 aliphatic heterocycles. The molecule has 9 heteroatoms. The minimum absolute atomic E-state index is 0.194. The topological polar surface area (TPSA) is 95.5 Å². The number of carboxylic acid groups (broad SMARTS) is 1. The van der Waals surface area contributed by atoms with Gasteiger partial charge in [0.05, 0.1) is 6.42 Å². The molecule has 2 amide bonds. The van der Waals surface area contributed by atoms with E-state index >= 15 is 0 Å². The fraction of sp³-hybridized carbons (Fsp3) is 0.769. The molecule has 0 spiro atoms. The number of halogens is 3. The maximum absolute atomic E-state index is 12.2. The second-order valence-electron chi connectivity index (χ2n) is 5.43. The molecule has 1 rings (SSSR count). The second-order valence-corrected chi connectivity index (χ2v) is 5.43. The molecule has 1 aliphatic carbocycles. The van der Waals surface area contributed by atoms with Crippen LogP contribution in [0.25, 0.3) is 0 Å². The molecule has 0 saturated heterocycles. The molecule has 3 N–H and O–H groups in total. The number of carbonyl (C=O) groups excluding carboxylic acids is 2. The Bertz CT molecular complexity index is 433. The molecule has 1 aliphatic rings. The van der Waals surface area contributed by atoms with Gasteiger partial charge in [-0.2, -0.15) is 13.2 Å². The maximum atomic E-state index is 12.2. The first-order chi connectivity index (χ1) is 10.1. The van der Waals surface area contributed by atoms with Crippen LogP contribution in [0.15, 0.2) is 0 Å². The predicted octanol–water partition coefficient (Wildman–Crippen LogP) is 1.20. The molecule has 2 atom stereocenters. The Morgan fingerprint density at radius 2 is 1.73 bits per heavy atom. The van der Waals surface area contributed by atoms with E-state index in [1.807, 2.05) is 0 Å². The van der Waals surface area contributed by atoms with Gasteiger partial charge in [0.2, 0.25) is 11.8 Å². The number of aliphatic carboxylic acids is 1. The van der Waals surface area contributed by atoms with E-state index in [1.54, 1.807) is 5.32 Å². The van der Waals surface area contributed by atoms with Crippen LogP contribution in [-0.2, 0) is 14.4 Å². The fourth-order valence-corrected chi connectivity index (χ4v) is 2.31. The summed E-state index contributed by atoms with van der Waals surface area (Å²) in [6.07, 6.45) is -3.11. The van der Waals surface area contributed by atoms with Gasteiger partial charge in [-0.3, -0.25) is 9.59 Å². The van der Waals surface area contributed by atoms with Gasteiger partial charge < -0.3 is 15.7 Å². The lowest BCUT2D eigenvalue weighted by Gasteiger charge is -2.20. The van der Waals surface area contributed by atoms with E-state index < -0.39 is 36.6 Å². The van der Waals surface area contributed by atoms with Crippen LogP contribution < -0.4 is 10.6 Å². The van der Waals surface area contributed by atoms with Crippen molar-refractivity contribution in [3.8, 4) is 0 Å². The van der Waals surface area contributed by atoms with Crippen molar-refractivity contribution >= 4 is 17.8 Å². The van der Waals surface area contributed by atoms with Crippen LogP contribution in [0, 0.1) is 5.92 Å². The van der Waals surface area contributed by atoms with Gasteiger partial charge in [0.15, 0.2) is 0 Å². The summed E-state index contributed by atoms with van der Waals surface area (Å²) < 4.78 is 36.7. The van der Waals surface area contributed by atoms with Crippen molar-refractivity contribution in [2.45, 2.75) is 57.3 Å². The highest BCUT2D eigenvalue weighted by Crippen LogP contribution is 2.25. The van der Waals surface area contributed by atoms with E-state index in [2.05, 4.69) is 5.32 Å². The van der Waals surface area contributed by atoms with Gasteiger partial charge in [-0.1, -0.05) is 12.8 Å². The average molecular weight is 324 g/mol. The van der Waals surface area contributed by atoms with Crippen LogP contribution in [-0.4, -0.2) is 41.2 Å². The summed E-state index contributed by atoms with van der Waals surface area (Å²) in [7, 11) is 0. The van der Waals surface area contributed by atoms with Gasteiger partial charge >= 0.3 is 12.1 Å². The highest BCUT2D eigenvalue weighted by molar-refractivity contribution is 5.90. The Morgan fingerprint density at radius 3 is 2.18 bits per heavy atom. The van der Waals surface area contributed by atoms with Crippen LogP contribution in [0.5, 0.6) is 0 Å². The number of alkyl halides is 3. The lowest BCUT2D eigenvalue weighted by atomic mass is 10.1. The van der Waals surface area contributed by atoms with Gasteiger partial charge in [0.1, 0.15) is 12.1 Å². The summed E-state index contributed by atoms with van der Waals surface area (Å²) in [5, 5.41) is 12.9. The molecule has 0 heterocycles. The van der Waals surface area contributed by atoms with Crippen molar-refractivity contribution in [2.24, 2.45) is 5.92 Å². The molecule has 1 saturated carbocycles. The van der Waals surface area contributed by atoms with E-state index in [9.17, 15) is 27.6 Å². The Morgan fingerprint density at radius 1 is 1.18 bits per heavy atom. The molecular formula is C13H19F3N2O4. The third-order valence-electron chi connectivity index (χ3n) is 3.53. The summed E-state index contributed by atoms with van der Waals surface area (Å²) in [6, 6.07) is -3.17. The van der Waals surface area contributed by atoms with Crippen LogP contribution in [0.3, 0.4) is 0 Å². The van der Waals surface area contributed by atoms with E-state index in [1.165, 1.54) is 6.92 Å². The molecule has 0 aromatic carbocycles. The molecule has 2 unspecified atom stereocenters. The standard InChI is InChI=1S/C13H19F3N2O4/c1-7(17-11(20)8-4-2-3-5-8)10(19)18-9(12(21)22)6-13(14,15)16/h7-9H,2-6H2,1H3,(H,17,20)(H,18,19)(H,21,22). The Balaban J connectivity index is 2.53. The number of nitrogens with one attached hydrogen (secondary N) is 2. The first-order valence-electron chi connectivity index (χ1n) is 7.00. The molecule has 0 bridgehead atoms. The molecule has 6 nitrogen and oxygen atoms in total. The van der Waals surface area contributed by atoms with Crippen LogP contribution >= 0.6 is 0 Å². The predicted molar refractivity (Wildman–Crippen MR) is 69.8 cm³/mol. The number of hydrogen-bond donors (Lipinski definition) is 3. The number of carboxylic acids is 1. The van der Waals surface area contributed by atoms with Crippen molar-refractivity contribution in [1.82, 2.24) is 10.6 Å². The number of rotatable bonds is 6. The fourth-order valence-electron chi connectivity index (χ4n) is 2.31. The zero-order valence-corrected chi connectivity index (χ0v) is 12.1. The number of hydrogen-bond acceptors (Lipinski definition) is 3. The van der Waals surface area contributed by atoms with E-state index in [-0.39, 0.29) is 11.8 Å². The molecule has 0 radical (unpaired) electrons. The first kappa shape index (κ1) is 18.2. The van der Waals surface area contributed by atoms with E-state index in [0.717, 1.165) is 12.8 Å². The second kappa shape index (κ2) is 7.46. The SMILES string of the molecule is CC(NC(=O)C1CCCC1)C(=O)NC(CC(F)(F)F)C(=O)O. The van der Waals surface area contributed by atoms with Crippen LogP contribution in [0.4, 0.5) is 13.2 Å². The smallest absolute Gasteiger partial charge is 0.391 e. The van der Waals surface area contributed by atoms with Crippen molar-refractivity contribution in [2.75, 3.05) is 0 Å². The number of carbonyl (C=O) groups is 3. The summed E-state index contributed by atoms with van der Waals surface area (Å²) in [5.41, 5.74) is 0. The summed E-state index contributed by atoms with van der Waals surface area (Å²) in [4.78, 5) is 34.3. The zero-order chi connectivity index (χ0) is 16.9. The summed E-state index contributed by atoms with van der Waals surface area (Å²) in [6.45, 7) is 1.30. The minimum Gasteiger partial charge on any atom is -0.480 e. The Hall–Kier alpha value is -1.80. The lowest BCUT2D eigenvalue weighted by Crippen LogP contribution is -2.52. The van der Waals surface area contributed by atoms with Crippen molar-refractivity contribution in [3.05, 3.63) is 0 Å². The lowest BCUT2D eigenvalue weighted by molar-refractivity contribution is -0.160. The third kappa shape index (κ3) is 5.90. The normalized spacial score (nSPS) is 18.5. The minimum atomic E-state index is -4.72. The van der Waals surface area contributed by atoms with E-state index in [4.69, 9.17) is 5.11 Å². The maximum Gasteiger partial charge on any atom is 0.391 e. The quantitative estimate of drug-likeness (QED) is 0.684. The monoisotopic (exact) mass is 324 g/mol. The van der Waals surface area contributed by atoms with Crippen LogP contribution in [0.1, 0.15) is 39.0 Å². The molecule has 22 heavy (non-hydrogen) atoms. The summed E-state index contributed by atoms with van der Waals surface area (Å²) >= 11 is 0. The third-order valence-corrected chi connectivity index (χ3v) is 3.53. The molecule has 0 aromatic heterocycles. The van der Waals surface area contributed by atoms with Gasteiger partial charge in [-0.05, 0) is 19.8 Å². The molecule has 0 aromatic rings. The van der Waals surface area contributed by atoms with Gasteiger partial charge in [-0.15, -0.1) is 0 Å². The molecular weight excluding hydrogens is 305 g/mol. The molecule has 1 fully saturated rings. The van der Waals surface area contributed by atoms with Gasteiger partial charge in [0, 0.05) is 5.92 Å². The van der Waals surface area contributed by atoms with Crippen LogP contribution in [0.2, 0.25) is 0 Å². The first-order valence-corrected chi connectivity index (χ1v) is 7.00. The highest BCUT2D eigenvalue weighted by Gasteiger charge is 2.37. The van der Waals surface area contributed by atoms with Crippen molar-refractivity contribution in [3.63, 3.8) is 0 Å². The average Bonchev–Trinajstić information content (AvgIpc) is 2.89.